The molecule has 3 rings (SSSR count). The Balaban J connectivity index is 1.51. The highest BCUT2D eigenvalue weighted by Gasteiger charge is 2.30. The Kier molecular flexibility index (Phi) is 9.64. The summed E-state index contributed by atoms with van der Waals surface area (Å²) in [6, 6.07) is 7.89. The number of anilines is 2. The first-order valence-corrected chi connectivity index (χ1v) is 12.2. The number of nitrogens with one attached hydrogen (secondary N) is 1. The van der Waals surface area contributed by atoms with Gasteiger partial charge in [0.15, 0.2) is 22.5 Å². The summed E-state index contributed by atoms with van der Waals surface area (Å²) in [5.41, 5.74) is 12.5. The number of hydrogen-bond donors (Lipinski definition) is 5. The molecule has 2 heterocycles. The van der Waals surface area contributed by atoms with Crippen LogP contribution >= 0.6 is 11.6 Å². The van der Waals surface area contributed by atoms with E-state index in [0.717, 1.165) is 32.1 Å². The van der Waals surface area contributed by atoms with E-state index in [-0.39, 0.29) is 41.7 Å². The predicted octanol–water partition coefficient (Wildman–Crippen LogP) is 2.37. The zero-order valence-electron chi connectivity index (χ0n) is 19.8. The molecule has 0 bridgehead atoms. The van der Waals surface area contributed by atoms with E-state index in [4.69, 9.17) is 37.9 Å². The lowest BCUT2D eigenvalue weighted by Gasteiger charge is -2.17. The van der Waals surface area contributed by atoms with Crippen LogP contribution in [0.2, 0.25) is 5.15 Å². The van der Waals surface area contributed by atoms with Crippen molar-refractivity contribution in [3.8, 4) is 5.75 Å². The van der Waals surface area contributed by atoms with Crippen molar-refractivity contribution < 1.29 is 19.7 Å². The Hall–Kier alpha value is -2.95. The van der Waals surface area contributed by atoms with Crippen LogP contribution in [0.15, 0.2) is 29.3 Å². The molecule has 10 nitrogen and oxygen atoms in total. The number of nitrogen functional groups attached to an aromatic ring is 2. The zero-order valence-corrected chi connectivity index (χ0v) is 20.5. The maximum Gasteiger partial charge on any atom is 0.279 e. The van der Waals surface area contributed by atoms with Gasteiger partial charge in [0.25, 0.3) is 5.91 Å². The van der Waals surface area contributed by atoms with Crippen LogP contribution in [0.4, 0.5) is 11.6 Å². The highest BCUT2D eigenvalue weighted by molar-refractivity contribution is 6.31. The topological polar surface area (TPSA) is 169 Å². The van der Waals surface area contributed by atoms with Crippen LogP contribution in [0, 0.1) is 5.92 Å². The van der Waals surface area contributed by atoms with Crippen LogP contribution in [-0.4, -0.2) is 57.3 Å². The fourth-order valence-electron chi connectivity index (χ4n) is 4.08. The number of aromatic nitrogens is 2. The number of aliphatic hydroxyl groups excluding tert-OH is 2. The molecule has 0 saturated heterocycles. The van der Waals surface area contributed by atoms with Crippen LogP contribution in [0.3, 0.4) is 0 Å². The van der Waals surface area contributed by atoms with Gasteiger partial charge in [0.05, 0.1) is 12.6 Å². The second-order valence-electron chi connectivity index (χ2n) is 8.67. The van der Waals surface area contributed by atoms with Crippen molar-refractivity contribution in [1.29, 1.82) is 0 Å². The van der Waals surface area contributed by atoms with E-state index in [1.54, 1.807) is 0 Å². The molecule has 2 unspecified atom stereocenters. The zero-order chi connectivity index (χ0) is 25.4. The first-order chi connectivity index (χ1) is 16.8. The first-order valence-electron chi connectivity index (χ1n) is 11.8. The lowest BCUT2D eigenvalue weighted by atomic mass is 9.90. The summed E-state index contributed by atoms with van der Waals surface area (Å²) in [7, 11) is 0. The summed E-state index contributed by atoms with van der Waals surface area (Å²) in [6.07, 6.45) is 4.61. The fourth-order valence-corrected chi connectivity index (χ4v) is 4.21. The van der Waals surface area contributed by atoms with Gasteiger partial charge in [-0.25, -0.2) is 9.97 Å². The minimum atomic E-state index is -0.886. The molecule has 0 fully saturated rings. The van der Waals surface area contributed by atoms with Crippen molar-refractivity contribution >= 4 is 35.0 Å². The number of benzene rings is 1. The molecule has 11 heteroatoms. The number of aryl methyl sites for hydroxylation is 1. The number of halogens is 1. The van der Waals surface area contributed by atoms with Crippen molar-refractivity contribution in [2.75, 3.05) is 24.7 Å². The van der Waals surface area contributed by atoms with E-state index in [0.29, 0.717) is 23.9 Å². The van der Waals surface area contributed by atoms with E-state index < -0.39 is 12.0 Å². The number of amides is 1. The highest BCUT2D eigenvalue weighted by atomic mass is 35.5. The predicted molar refractivity (Wildman–Crippen MR) is 136 cm³/mol. The van der Waals surface area contributed by atoms with E-state index in [1.807, 2.05) is 24.3 Å². The second-order valence-corrected chi connectivity index (χ2v) is 9.03. The molecular formula is C24H33ClN6O4. The Bertz CT molecular complexity index is 1030. The third-order valence-electron chi connectivity index (χ3n) is 5.90. The number of carbonyl (C=O) groups is 1. The summed E-state index contributed by atoms with van der Waals surface area (Å²) >= 11 is 5.89. The van der Waals surface area contributed by atoms with Crippen molar-refractivity contribution in [2.24, 2.45) is 10.9 Å². The Morgan fingerprint density at radius 1 is 1.23 bits per heavy atom. The number of ether oxygens (including phenoxy) is 1. The Labute approximate surface area is 209 Å². The van der Waals surface area contributed by atoms with Crippen LogP contribution in [-0.2, 0) is 6.42 Å². The highest BCUT2D eigenvalue weighted by Crippen LogP contribution is 2.29. The summed E-state index contributed by atoms with van der Waals surface area (Å²) in [5, 5.41) is 21.0. The Morgan fingerprint density at radius 2 is 1.97 bits per heavy atom. The van der Waals surface area contributed by atoms with Gasteiger partial charge in [-0.1, -0.05) is 37.1 Å². The lowest BCUT2D eigenvalue weighted by Crippen LogP contribution is -2.31. The number of aliphatic imine (C=N–C) groups is 1. The van der Waals surface area contributed by atoms with Crippen molar-refractivity contribution in [1.82, 2.24) is 15.3 Å². The molecule has 35 heavy (non-hydrogen) atoms. The largest absolute Gasteiger partial charge is 0.491 e. The molecule has 0 radical (unpaired) electrons. The molecule has 0 saturated carbocycles. The van der Waals surface area contributed by atoms with Gasteiger partial charge >= 0.3 is 0 Å². The van der Waals surface area contributed by atoms with Gasteiger partial charge in [-0.05, 0) is 49.3 Å². The van der Waals surface area contributed by atoms with Crippen molar-refractivity contribution in [3.63, 3.8) is 0 Å². The fraction of sp³-hybridized carbons (Fsp3) is 0.500. The van der Waals surface area contributed by atoms with Crippen LogP contribution in [0.1, 0.15) is 55.1 Å². The monoisotopic (exact) mass is 504 g/mol. The number of nitrogens with zero attached hydrogens (tertiary/aromatic N) is 3. The standard InChI is InChI=1S/C24H33ClN6O4/c1-2-4-18-15(6-3-5-14-7-9-17(10-8-14)35-13-16(33)12-32)11-19(28-18)29-24(34)20-22(26)31-23(27)21(25)30-20/h7-10,15-16,18,32-33H,2-6,11-13H2,1H3,(H4,26,27,31)(H,28,29,34)/t15?,16-,18?/m1/s1. The Morgan fingerprint density at radius 3 is 2.66 bits per heavy atom. The average molecular weight is 505 g/mol. The minimum absolute atomic E-state index is 0.0235. The lowest BCUT2D eigenvalue weighted by molar-refractivity contribution is 0.0536. The molecule has 1 aliphatic heterocycles. The SMILES string of the molecule is CCCC1N=C(NC(=O)c2nc(Cl)c(N)nc2N)CC1CCCc1ccc(OC[C@H](O)CO)cc1. The molecule has 0 aliphatic carbocycles. The molecule has 1 aromatic carbocycles. The number of aliphatic hydroxyl groups is 2. The molecule has 1 aromatic heterocycles. The van der Waals surface area contributed by atoms with E-state index in [1.165, 1.54) is 5.56 Å². The van der Waals surface area contributed by atoms with Gasteiger partial charge in [0.1, 0.15) is 24.3 Å². The van der Waals surface area contributed by atoms with Crippen molar-refractivity contribution in [2.45, 2.75) is 57.6 Å². The summed E-state index contributed by atoms with van der Waals surface area (Å²) in [4.78, 5) is 25.2. The van der Waals surface area contributed by atoms with E-state index in [9.17, 15) is 9.90 Å². The number of carbonyl (C=O) groups excluding carboxylic acids is 1. The number of nitrogens with two attached hydrogens (primary N) is 2. The molecule has 1 aliphatic rings. The van der Waals surface area contributed by atoms with Gasteiger partial charge < -0.3 is 31.7 Å². The summed E-state index contributed by atoms with van der Waals surface area (Å²) < 4.78 is 5.45. The van der Waals surface area contributed by atoms with Crippen LogP contribution in [0.5, 0.6) is 5.75 Å². The van der Waals surface area contributed by atoms with Gasteiger partial charge in [-0.3, -0.25) is 9.79 Å². The van der Waals surface area contributed by atoms with Gasteiger partial charge in [-0.2, -0.15) is 0 Å². The third-order valence-corrected chi connectivity index (χ3v) is 6.18. The minimum Gasteiger partial charge on any atom is -0.491 e. The van der Waals surface area contributed by atoms with E-state index >= 15 is 0 Å². The number of hydrogen-bond acceptors (Lipinski definition) is 9. The van der Waals surface area contributed by atoms with Gasteiger partial charge in [0.2, 0.25) is 0 Å². The van der Waals surface area contributed by atoms with E-state index in [2.05, 4.69) is 22.2 Å². The van der Waals surface area contributed by atoms with Crippen LogP contribution < -0.4 is 21.5 Å². The normalized spacial score (nSPS) is 18.2. The maximum absolute atomic E-state index is 12.7. The summed E-state index contributed by atoms with van der Waals surface area (Å²) in [6.45, 7) is 1.85. The third kappa shape index (κ3) is 7.51. The molecule has 3 atom stereocenters. The van der Waals surface area contributed by atoms with Gasteiger partial charge in [-0.15, -0.1) is 0 Å². The summed E-state index contributed by atoms with van der Waals surface area (Å²) in [5.74, 6) is 1.02. The molecule has 2 aromatic rings. The molecule has 190 valence electrons. The van der Waals surface area contributed by atoms with Gasteiger partial charge in [0, 0.05) is 6.42 Å². The molecule has 1 amide bonds. The van der Waals surface area contributed by atoms with Crippen LogP contribution in [0.25, 0.3) is 0 Å². The number of rotatable bonds is 11. The quantitative estimate of drug-likeness (QED) is 0.310. The molecule has 0 spiro atoms. The number of amidine groups is 1. The van der Waals surface area contributed by atoms with Crippen molar-refractivity contribution in [3.05, 3.63) is 40.7 Å². The maximum atomic E-state index is 12.7. The average Bonchev–Trinajstić information content (AvgIpc) is 3.21. The first kappa shape index (κ1) is 26.7. The molecule has 7 N–H and O–H groups in total. The second kappa shape index (κ2) is 12.7. The molecular weight excluding hydrogens is 472 g/mol. The smallest absolute Gasteiger partial charge is 0.279 e.